The Morgan fingerprint density at radius 3 is 2.94 bits per heavy atom. The second-order valence-corrected chi connectivity index (χ2v) is 4.88. The molecule has 1 heterocycles. The topological polar surface area (TPSA) is 24.1 Å². The van der Waals surface area contributed by atoms with Crippen LogP contribution in [0.1, 0.15) is 49.8 Å². The number of rotatable bonds is 4. The van der Waals surface area contributed by atoms with E-state index in [1.807, 2.05) is 0 Å². The fourth-order valence-electron chi connectivity index (χ4n) is 2.56. The van der Waals surface area contributed by atoms with Gasteiger partial charge in [0.15, 0.2) is 0 Å². The predicted octanol–water partition coefficient (Wildman–Crippen LogP) is 3.00. The number of hydrogen-bond donors (Lipinski definition) is 2. The molecule has 1 atom stereocenters. The molecule has 1 unspecified atom stereocenters. The number of nitrogens with one attached hydrogen (secondary N) is 2. The highest BCUT2D eigenvalue weighted by Crippen LogP contribution is 2.24. The summed E-state index contributed by atoms with van der Waals surface area (Å²) in [7, 11) is 0. The molecule has 17 heavy (non-hydrogen) atoms. The summed E-state index contributed by atoms with van der Waals surface area (Å²) in [5, 5.41) is 7.14. The minimum absolute atomic E-state index is 0.555. The second-order valence-electron chi connectivity index (χ2n) is 4.88. The summed E-state index contributed by atoms with van der Waals surface area (Å²) in [5.74, 6) is 0. The molecular formula is C15H24N2. The number of fused-ring (bicyclic) bond motifs is 1. The molecule has 1 aliphatic rings. The van der Waals surface area contributed by atoms with Crippen LogP contribution in [0.25, 0.3) is 0 Å². The Morgan fingerprint density at radius 2 is 2.06 bits per heavy atom. The van der Waals surface area contributed by atoms with E-state index in [-0.39, 0.29) is 0 Å². The fourth-order valence-corrected chi connectivity index (χ4v) is 2.56. The molecule has 1 aromatic rings. The van der Waals surface area contributed by atoms with Gasteiger partial charge in [-0.25, -0.2) is 0 Å². The quantitative estimate of drug-likeness (QED) is 0.780. The van der Waals surface area contributed by atoms with Crippen molar-refractivity contribution in [3.05, 3.63) is 35.4 Å². The minimum Gasteiger partial charge on any atom is -0.311 e. The van der Waals surface area contributed by atoms with E-state index in [1.54, 1.807) is 0 Å². The smallest absolute Gasteiger partial charge is 0.0324 e. The Kier molecular flexibility index (Phi) is 5.02. The highest BCUT2D eigenvalue weighted by Gasteiger charge is 2.15. The van der Waals surface area contributed by atoms with Crippen LogP contribution in [0.15, 0.2) is 24.3 Å². The normalized spacial score (nSPS) is 20.4. The third kappa shape index (κ3) is 3.55. The first-order chi connectivity index (χ1) is 8.42. The Labute approximate surface area is 105 Å². The van der Waals surface area contributed by atoms with Gasteiger partial charge in [-0.05, 0) is 17.5 Å². The van der Waals surface area contributed by atoms with Crippen LogP contribution in [0.4, 0.5) is 0 Å². The SMILES string of the molecule is CCCCCC1NCCNCc2ccccc21. The zero-order valence-corrected chi connectivity index (χ0v) is 10.8. The molecule has 0 saturated carbocycles. The summed E-state index contributed by atoms with van der Waals surface area (Å²) < 4.78 is 0. The lowest BCUT2D eigenvalue weighted by Crippen LogP contribution is -2.34. The van der Waals surface area contributed by atoms with Crippen LogP contribution in [0.5, 0.6) is 0 Å². The van der Waals surface area contributed by atoms with Gasteiger partial charge in [-0.2, -0.15) is 0 Å². The zero-order valence-electron chi connectivity index (χ0n) is 10.8. The molecule has 1 aliphatic heterocycles. The van der Waals surface area contributed by atoms with Crippen LogP contribution in [0, 0.1) is 0 Å². The van der Waals surface area contributed by atoms with Gasteiger partial charge in [-0.3, -0.25) is 0 Å². The Balaban J connectivity index is 2.08. The first-order valence-electron chi connectivity index (χ1n) is 6.93. The molecular weight excluding hydrogens is 208 g/mol. The summed E-state index contributed by atoms with van der Waals surface area (Å²) in [6.45, 7) is 5.43. The Bertz CT molecular complexity index is 335. The molecule has 0 aliphatic carbocycles. The fraction of sp³-hybridized carbons (Fsp3) is 0.600. The van der Waals surface area contributed by atoms with Crippen LogP contribution >= 0.6 is 0 Å². The third-order valence-corrected chi connectivity index (χ3v) is 3.53. The molecule has 2 nitrogen and oxygen atoms in total. The summed E-state index contributed by atoms with van der Waals surface area (Å²) in [4.78, 5) is 0. The molecule has 94 valence electrons. The lowest BCUT2D eigenvalue weighted by atomic mass is 9.95. The maximum absolute atomic E-state index is 3.67. The van der Waals surface area contributed by atoms with Crippen LogP contribution in [0.3, 0.4) is 0 Å². The van der Waals surface area contributed by atoms with Gasteiger partial charge in [-0.1, -0.05) is 50.5 Å². The van der Waals surface area contributed by atoms with Crippen molar-refractivity contribution in [1.82, 2.24) is 10.6 Å². The van der Waals surface area contributed by atoms with E-state index in [4.69, 9.17) is 0 Å². The molecule has 0 fully saturated rings. The van der Waals surface area contributed by atoms with E-state index in [2.05, 4.69) is 41.8 Å². The van der Waals surface area contributed by atoms with Crippen molar-refractivity contribution in [2.75, 3.05) is 13.1 Å². The molecule has 0 saturated heterocycles. The van der Waals surface area contributed by atoms with E-state index >= 15 is 0 Å². The van der Waals surface area contributed by atoms with E-state index < -0.39 is 0 Å². The summed E-state index contributed by atoms with van der Waals surface area (Å²) in [6.07, 6.45) is 5.25. The number of benzene rings is 1. The lowest BCUT2D eigenvalue weighted by molar-refractivity contribution is 0.451. The van der Waals surface area contributed by atoms with Crippen molar-refractivity contribution < 1.29 is 0 Å². The van der Waals surface area contributed by atoms with Crippen LogP contribution in [-0.4, -0.2) is 13.1 Å². The van der Waals surface area contributed by atoms with Crippen LogP contribution in [0.2, 0.25) is 0 Å². The molecule has 0 amide bonds. The maximum Gasteiger partial charge on any atom is 0.0324 e. The monoisotopic (exact) mass is 232 g/mol. The van der Waals surface area contributed by atoms with Crippen molar-refractivity contribution in [3.63, 3.8) is 0 Å². The van der Waals surface area contributed by atoms with E-state index in [0.717, 1.165) is 19.6 Å². The first kappa shape index (κ1) is 12.6. The Hall–Kier alpha value is -0.860. The van der Waals surface area contributed by atoms with E-state index in [0.29, 0.717) is 6.04 Å². The van der Waals surface area contributed by atoms with E-state index in [9.17, 15) is 0 Å². The number of hydrogen-bond acceptors (Lipinski definition) is 2. The molecule has 0 aromatic heterocycles. The average molecular weight is 232 g/mol. The predicted molar refractivity (Wildman–Crippen MR) is 73.0 cm³/mol. The average Bonchev–Trinajstić information content (AvgIpc) is 2.34. The molecule has 2 heteroatoms. The molecule has 0 radical (unpaired) electrons. The molecule has 1 aromatic carbocycles. The van der Waals surface area contributed by atoms with Crippen molar-refractivity contribution in [2.24, 2.45) is 0 Å². The second kappa shape index (κ2) is 6.77. The minimum atomic E-state index is 0.555. The first-order valence-corrected chi connectivity index (χ1v) is 6.93. The van der Waals surface area contributed by atoms with Gasteiger partial charge in [0, 0.05) is 25.7 Å². The van der Waals surface area contributed by atoms with Crippen molar-refractivity contribution >= 4 is 0 Å². The molecule has 2 N–H and O–H groups in total. The van der Waals surface area contributed by atoms with Crippen molar-refractivity contribution in [3.8, 4) is 0 Å². The zero-order chi connectivity index (χ0) is 11.9. The highest BCUT2D eigenvalue weighted by molar-refractivity contribution is 5.30. The summed E-state index contributed by atoms with van der Waals surface area (Å²) in [5.41, 5.74) is 2.96. The van der Waals surface area contributed by atoms with Gasteiger partial charge in [-0.15, -0.1) is 0 Å². The molecule has 0 spiro atoms. The summed E-state index contributed by atoms with van der Waals surface area (Å²) >= 11 is 0. The van der Waals surface area contributed by atoms with Gasteiger partial charge < -0.3 is 10.6 Å². The van der Waals surface area contributed by atoms with Crippen molar-refractivity contribution in [1.29, 1.82) is 0 Å². The van der Waals surface area contributed by atoms with Gasteiger partial charge in [0.2, 0.25) is 0 Å². The van der Waals surface area contributed by atoms with Crippen LogP contribution < -0.4 is 10.6 Å². The largest absolute Gasteiger partial charge is 0.311 e. The van der Waals surface area contributed by atoms with Gasteiger partial charge in [0.05, 0.1) is 0 Å². The van der Waals surface area contributed by atoms with Gasteiger partial charge in [0.25, 0.3) is 0 Å². The highest BCUT2D eigenvalue weighted by atomic mass is 15.0. The van der Waals surface area contributed by atoms with Gasteiger partial charge in [0.1, 0.15) is 0 Å². The standard InChI is InChI=1S/C15H24N2/c1-2-3-4-9-15-14-8-6-5-7-13(14)12-16-10-11-17-15/h5-8,15-17H,2-4,9-12H2,1H3. The third-order valence-electron chi connectivity index (χ3n) is 3.53. The molecule has 2 rings (SSSR count). The van der Waals surface area contributed by atoms with Crippen molar-refractivity contribution in [2.45, 2.75) is 45.2 Å². The Morgan fingerprint density at radius 1 is 1.18 bits per heavy atom. The number of unbranched alkanes of at least 4 members (excludes halogenated alkanes) is 2. The van der Waals surface area contributed by atoms with Crippen LogP contribution in [-0.2, 0) is 6.54 Å². The van der Waals surface area contributed by atoms with Gasteiger partial charge >= 0.3 is 0 Å². The molecule has 0 bridgehead atoms. The maximum atomic E-state index is 3.67. The van der Waals surface area contributed by atoms with E-state index in [1.165, 1.54) is 36.8 Å². The summed E-state index contributed by atoms with van der Waals surface area (Å²) in [6, 6.07) is 9.40. The lowest BCUT2D eigenvalue weighted by Gasteiger charge is -2.25.